The Morgan fingerprint density at radius 3 is 1.29 bits per heavy atom. The van der Waals surface area contributed by atoms with Gasteiger partial charge in [0.2, 0.25) is 0 Å². The summed E-state index contributed by atoms with van der Waals surface area (Å²) in [5, 5.41) is 23.0. The summed E-state index contributed by atoms with van der Waals surface area (Å²) in [5.41, 5.74) is 22.1. The molecule has 118 heavy (non-hydrogen) atoms. The van der Waals surface area contributed by atoms with Crippen molar-refractivity contribution in [3.8, 4) is 0 Å². The number of thiazole rings is 1. The summed E-state index contributed by atoms with van der Waals surface area (Å²) in [7, 11) is 0. The zero-order valence-electron chi connectivity index (χ0n) is 66.9. The Bertz CT molecular complexity index is 5680. The van der Waals surface area contributed by atoms with Crippen LogP contribution in [0, 0.1) is 7.43 Å². The molecule has 2 heterocycles. The Hall–Kier alpha value is -3.25. The fourth-order valence-corrected chi connectivity index (χ4v) is 27.1. The summed E-state index contributed by atoms with van der Waals surface area (Å²) in [5.74, 6) is 8.68. The van der Waals surface area contributed by atoms with Crippen LogP contribution in [0.4, 0.5) is 17.1 Å². The quantitative estimate of drug-likeness (QED) is 0.0146. The van der Waals surface area contributed by atoms with Gasteiger partial charge in [0.25, 0.3) is 0 Å². The molecule has 0 fully saturated rings. The van der Waals surface area contributed by atoms with Crippen LogP contribution < -0.4 is 16.8 Å². The minimum atomic E-state index is 0. The molecule has 16 rings (SSSR count). The van der Waals surface area contributed by atoms with E-state index in [0.29, 0.717) is 11.4 Å². The fraction of sp³-hybridized carbons (Fsp3) is 0.204. The second kappa shape index (κ2) is 49.6. The third-order valence-corrected chi connectivity index (χ3v) is 33.8. The van der Waals surface area contributed by atoms with Crippen molar-refractivity contribution in [1.82, 2.24) is 14.6 Å². The van der Waals surface area contributed by atoms with Gasteiger partial charge < -0.3 is 24.2 Å². The topological polar surface area (TPSA) is 103 Å². The maximum absolute atomic E-state index is 5.74. The first kappa shape index (κ1) is 98.5. The second-order valence-corrected chi connectivity index (χ2v) is 43.5. The number of thiol groups is 2. The number of halogens is 6. The number of aromatic nitrogens is 3. The Balaban J connectivity index is 0.000000165. The van der Waals surface area contributed by atoms with E-state index in [9.17, 15) is 0 Å². The molecule has 0 unspecified atom stereocenters. The van der Waals surface area contributed by atoms with Gasteiger partial charge >= 0.3 is 0 Å². The fourth-order valence-electron chi connectivity index (χ4n) is 13.1. The van der Waals surface area contributed by atoms with Crippen LogP contribution >= 0.6 is 238 Å². The number of nitrogen functional groups attached to an aromatic ring is 2. The van der Waals surface area contributed by atoms with E-state index in [1.807, 2.05) is 130 Å². The van der Waals surface area contributed by atoms with Crippen molar-refractivity contribution >= 4 is 340 Å². The largest absolute Gasteiger partial charge is 0.398 e. The van der Waals surface area contributed by atoms with Gasteiger partial charge in [0.15, 0.2) is 0 Å². The average molecular weight is 2220 g/mol. The van der Waals surface area contributed by atoms with E-state index in [4.69, 9.17) is 11.5 Å². The average Bonchev–Trinajstić information content (AvgIpc) is 1.29. The van der Waals surface area contributed by atoms with Crippen molar-refractivity contribution in [1.29, 1.82) is 0 Å². The number of fused-ring (bicyclic) bond motifs is 10. The molecular weight excluding hydrogens is 2130 g/mol. The zero-order valence-corrected chi connectivity index (χ0v) is 89.4. The maximum atomic E-state index is 5.74. The number of anilines is 3. The number of rotatable bonds is 22. The first-order valence-electron chi connectivity index (χ1n) is 37.9. The third kappa shape index (κ3) is 24.7. The molecule has 0 saturated carbocycles. The van der Waals surface area contributed by atoms with E-state index in [1.54, 1.807) is 11.3 Å². The maximum Gasteiger partial charge on any atom is 0.106 e. The molecule has 16 aromatic rings. The third-order valence-electron chi connectivity index (χ3n) is 18.2. The van der Waals surface area contributed by atoms with E-state index in [2.05, 4.69) is 372 Å². The van der Waals surface area contributed by atoms with Gasteiger partial charge in [0.1, 0.15) is 5.52 Å². The van der Waals surface area contributed by atoms with Crippen molar-refractivity contribution in [2.45, 2.75) is 124 Å². The molecule has 0 bridgehead atoms. The molecule has 0 aliphatic carbocycles. The van der Waals surface area contributed by atoms with E-state index in [1.165, 1.54) is 141 Å². The Kier molecular flexibility index (Phi) is 41.4. The van der Waals surface area contributed by atoms with Crippen LogP contribution in [-0.2, 0) is 38.9 Å². The van der Waals surface area contributed by atoms with Crippen LogP contribution in [0.15, 0.2) is 288 Å². The molecule has 0 radical (unpaired) electrons. The van der Waals surface area contributed by atoms with E-state index in [-0.39, 0.29) is 26.9 Å². The zero-order chi connectivity index (χ0) is 82.4. The summed E-state index contributed by atoms with van der Waals surface area (Å²) in [6.45, 7) is 18.5. The van der Waals surface area contributed by atoms with E-state index >= 15 is 0 Å². The molecule has 25 heteroatoms. The molecule has 6 nitrogen and oxygen atoms in total. The van der Waals surface area contributed by atoms with Crippen molar-refractivity contribution in [2.24, 2.45) is 0 Å². The van der Waals surface area contributed by atoms with Gasteiger partial charge in [-0.05, 0) is 261 Å². The molecule has 2 aromatic heterocycles. The predicted octanol–water partition coefficient (Wildman–Crippen LogP) is 34.7. The smallest absolute Gasteiger partial charge is 0.106 e. The van der Waals surface area contributed by atoms with Crippen LogP contribution in [0.3, 0.4) is 0 Å². The monoisotopic (exact) mass is 2210 g/mol. The molecule has 0 spiro atoms. The van der Waals surface area contributed by atoms with Crippen LogP contribution in [0.5, 0.6) is 0 Å². The number of benzene rings is 14. The minimum absolute atomic E-state index is 0. The van der Waals surface area contributed by atoms with Gasteiger partial charge in [0.05, 0.1) is 20.4 Å². The second-order valence-electron chi connectivity index (χ2n) is 25.6. The van der Waals surface area contributed by atoms with Crippen LogP contribution in [0.25, 0.3) is 85.1 Å². The first-order valence-corrected chi connectivity index (χ1v) is 53.1. The van der Waals surface area contributed by atoms with Crippen molar-refractivity contribution in [3.63, 3.8) is 0 Å². The molecule has 0 saturated heterocycles. The van der Waals surface area contributed by atoms with Crippen molar-refractivity contribution in [2.75, 3.05) is 62.8 Å². The van der Waals surface area contributed by atoms with Crippen LogP contribution in [-0.4, -0.2) is 60.6 Å². The Labute approximate surface area is 812 Å². The number of hydrogen-bond acceptors (Lipinski definition) is 18. The van der Waals surface area contributed by atoms with Gasteiger partial charge in [-0.25, -0.2) is 4.98 Å². The molecule has 5 N–H and O–H groups in total. The number of aryl methyl sites for hydroxylation is 2. The van der Waals surface area contributed by atoms with Crippen LogP contribution in [0.1, 0.15) is 72.1 Å². The summed E-state index contributed by atoms with van der Waals surface area (Å²) in [4.78, 5) is 16.8. The van der Waals surface area contributed by atoms with Crippen LogP contribution in [0.2, 0.25) is 0 Å². The van der Waals surface area contributed by atoms with Gasteiger partial charge in [-0.2, -0.15) is 0 Å². The van der Waals surface area contributed by atoms with Gasteiger partial charge in [-0.15, -0.1) is 136 Å². The van der Waals surface area contributed by atoms with Crippen molar-refractivity contribution in [3.05, 3.63) is 263 Å². The number of hydrogen-bond donors (Lipinski definition) is 5. The molecule has 610 valence electrons. The minimum Gasteiger partial charge on any atom is -0.398 e. The van der Waals surface area contributed by atoms with E-state index in [0.717, 1.165) is 120 Å². The Morgan fingerprint density at radius 2 is 0.780 bits per heavy atom. The summed E-state index contributed by atoms with van der Waals surface area (Å²) in [6, 6.07) is 72.8. The first-order chi connectivity index (χ1) is 56.4. The molecule has 0 aliphatic rings. The molecule has 0 atom stereocenters. The number of nitrogens with zero attached hydrogens (tertiary/aromatic N) is 3. The normalized spacial score (nSPS) is 10.9. The molecule has 14 aromatic carbocycles. The van der Waals surface area contributed by atoms with E-state index < -0.39 is 0 Å². The van der Waals surface area contributed by atoms with Gasteiger partial charge in [-0.1, -0.05) is 231 Å². The SMILES string of the molecule is CCSc1c(Br)cc(Br)c2c(SCC)c(Br)cc(Br)c12.CCSc1c(Br)ccc2c(SCC)c(Br)ccc12.CCSc1c(CCc2ccccc2)ccc2c(SCC)c(NCc3ccccc3)ccc12.CCSc1cccc2c(SCC)cccc12.Nc1ccc2c(S)c(N)ccc2c1S.[CH3-].[Zn].c1nc2ccc3c(ccc4nnsc43)c2s1. The number of nitrogens with one attached hydrogen (secondary N) is 1. The Morgan fingerprint density at radius 1 is 0.364 bits per heavy atom. The van der Waals surface area contributed by atoms with Gasteiger partial charge in [0, 0.05) is 140 Å². The molecule has 0 aliphatic heterocycles. The molecular formula is C93H91Br6N6S12Zn-. The summed E-state index contributed by atoms with van der Waals surface area (Å²) >= 11 is 49.3. The summed E-state index contributed by atoms with van der Waals surface area (Å²) < 4.78 is 13.3. The number of nitrogens with two attached hydrogens (primary N) is 2. The van der Waals surface area contributed by atoms with Gasteiger partial charge in [-0.3, -0.25) is 0 Å². The summed E-state index contributed by atoms with van der Waals surface area (Å²) in [6.07, 6.45) is 2.16. The molecule has 0 amide bonds. The standard InChI is InChI=1S/C29H31NS2.C14H12Br4S2.C14H14Br2S2.C14H16S2.C11H5N3S2.C10H10N2S2.CH3.Zn/c1-3-31-28-24(16-15-22-11-7-5-8-12-22)17-18-26-25(28)19-20-27(29(26)32-4-2)30-21-23-13-9-6-10-14-23;1-3-19-13-9(17)5-8(16)12-11(13)7(15)6-10(18)14(12)20-4-2;1-3-17-13-9-5-8-12(16)14(18-4-2)10(9)6-7-11(13)15;1-3-15-13-9-5-8-12-11(13)7-6-10-14(12)16-4-2;1-3-8-10(15-5-12-8)6-2-4-9-11(7(1)6)16-14-13-9;11-7-3-1-5-6(10(7)14)2-4-8(12)9(5)13;;/h5-14,17-20,30H,3-4,15-16,21H2,1-2H3;5-6H,3-4H2,1-2H3;5-8H,3-4H2,1-2H3;5-10H,3-4H2,1-2H3;1-5H;1-4,13-14H,11-12H2;1H3;/q;;;;;;-1;. The number of thioether (sulfide) groups is 8. The predicted molar refractivity (Wildman–Crippen MR) is 563 cm³/mol. The van der Waals surface area contributed by atoms with Crippen molar-refractivity contribution < 1.29 is 19.5 Å².